The molecule has 2 unspecified atom stereocenters. The van der Waals surface area contributed by atoms with Crippen molar-refractivity contribution in [3.63, 3.8) is 0 Å². The lowest BCUT2D eigenvalue weighted by Crippen LogP contribution is -2.60. The van der Waals surface area contributed by atoms with Crippen molar-refractivity contribution in [1.29, 1.82) is 0 Å². The highest BCUT2D eigenvalue weighted by Crippen LogP contribution is 2.51. The minimum absolute atomic E-state index is 0.283. The summed E-state index contributed by atoms with van der Waals surface area (Å²) in [7, 11) is 1.83. The van der Waals surface area contributed by atoms with Crippen LogP contribution in [-0.2, 0) is 10.3 Å². The number of primary amides is 1. The molecule has 4 nitrogen and oxygen atoms in total. The Labute approximate surface area is 139 Å². The third kappa shape index (κ3) is 2.68. The van der Waals surface area contributed by atoms with Crippen LogP contribution in [-0.4, -0.2) is 37.0 Å². The number of amides is 1. The molecule has 2 fully saturated rings. The number of rotatable bonds is 4. The van der Waals surface area contributed by atoms with Crippen molar-refractivity contribution in [2.45, 2.75) is 44.8 Å². The Balaban J connectivity index is 2.03. The van der Waals surface area contributed by atoms with Gasteiger partial charge >= 0.3 is 0 Å². The van der Waals surface area contributed by atoms with Gasteiger partial charge in [-0.15, -0.1) is 0 Å². The summed E-state index contributed by atoms with van der Waals surface area (Å²) in [6.07, 6.45) is 3.62. The molecule has 1 heterocycles. The maximum Gasteiger partial charge on any atom is 0.248 e. The molecule has 1 saturated carbocycles. The van der Waals surface area contributed by atoms with Crippen LogP contribution >= 0.6 is 0 Å². The average Bonchev–Trinajstić information content (AvgIpc) is 2.53. The molecule has 0 spiro atoms. The van der Waals surface area contributed by atoms with Gasteiger partial charge in [0.15, 0.2) is 0 Å². The topological polar surface area (TPSA) is 55.6 Å². The van der Waals surface area contributed by atoms with Crippen molar-refractivity contribution in [3.05, 3.63) is 35.4 Å². The quantitative estimate of drug-likeness (QED) is 0.929. The molecule has 126 valence electrons. The second-order valence-electron chi connectivity index (χ2n) is 7.31. The molecular weight excluding hydrogens is 288 g/mol. The maximum absolute atomic E-state index is 11.6. The van der Waals surface area contributed by atoms with Gasteiger partial charge in [0, 0.05) is 43.6 Å². The number of hydrogen-bond donors (Lipinski definition) is 1. The van der Waals surface area contributed by atoms with Gasteiger partial charge in [-0.2, -0.15) is 0 Å². The Morgan fingerprint density at radius 2 is 1.96 bits per heavy atom. The third-order valence-electron chi connectivity index (χ3n) is 5.89. The summed E-state index contributed by atoms with van der Waals surface area (Å²) in [5.74, 6) is 0.555. The number of nitrogens with two attached hydrogens (primary N) is 1. The van der Waals surface area contributed by atoms with E-state index >= 15 is 0 Å². The second kappa shape index (κ2) is 6.25. The molecule has 1 amide bonds. The standard InChI is InChI=1S/C19H28N2O2/c1-13(2)21-11-16-8-5-9-17(12-21)19(16,23-3)15-7-4-6-14(10-15)18(20)22/h4,6-7,10,13,16-17H,5,8-9,11-12H2,1-3H3,(H2,20,22). The van der Waals surface area contributed by atoms with Gasteiger partial charge in [-0.05, 0) is 44.4 Å². The lowest BCUT2D eigenvalue weighted by molar-refractivity contribution is -0.172. The summed E-state index contributed by atoms with van der Waals surface area (Å²) in [5, 5.41) is 0. The van der Waals surface area contributed by atoms with Crippen molar-refractivity contribution in [2.24, 2.45) is 17.6 Å². The molecule has 2 bridgehead atoms. The fraction of sp³-hybridized carbons (Fsp3) is 0.632. The summed E-state index contributed by atoms with van der Waals surface area (Å²) in [5.41, 5.74) is 6.90. The highest BCUT2D eigenvalue weighted by molar-refractivity contribution is 5.92. The number of benzene rings is 1. The number of likely N-dealkylation sites (tertiary alicyclic amines) is 1. The fourth-order valence-corrected chi connectivity index (χ4v) is 4.73. The molecule has 1 aliphatic carbocycles. The minimum atomic E-state index is -0.372. The lowest BCUT2D eigenvalue weighted by Gasteiger charge is -2.56. The fourth-order valence-electron chi connectivity index (χ4n) is 4.73. The van der Waals surface area contributed by atoms with E-state index in [9.17, 15) is 4.79 Å². The molecule has 4 heteroatoms. The van der Waals surface area contributed by atoms with E-state index in [1.54, 1.807) is 6.07 Å². The summed E-state index contributed by atoms with van der Waals surface area (Å²) in [6, 6.07) is 8.33. The molecule has 3 rings (SSSR count). The number of methoxy groups -OCH3 is 1. The van der Waals surface area contributed by atoms with E-state index in [2.05, 4.69) is 24.8 Å². The van der Waals surface area contributed by atoms with Crippen LogP contribution in [0.2, 0.25) is 0 Å². The molecule has 0 radical (unpaired) electrons. The molecule has 23 heavy (non-hydrogen) atoms. The number of carbonyl (C=O) groups excluding carboxylic acids is 1. The third-order valence-corrected chi connectivity index (χ3v) is 5.89. The molecule has 1 aromatic carbocycles. The minimum Gasteiger partial charge on any atom is -0.373 e. The van der Waals surface area contributed by atoms with Crippen LogP contribution in [0.25, 0.3) is 0 Å². The van der Waals surface area contributed by atoms with Crippen molar-refractivity contribution >= 4 is 5.91 Å². The molecule has 2 aliphatic rings. The normalized spacial score (nSPS) is 31.3. The first-order valence-electron chi connectivity index (χ1n) is 8.68. The van der Waals surface area contributed by atoms with Crippen LogP contribution in [0, 0.1) is 11.8 Å². The van der Waals surface area contributed by atoms with Gasteiger partial charge in [-0.25, -0.2) is 0 Å². The van der Waals surface area contributed by atoms with E-state index in [0.717, 1.165) is 18.7 Å². The molecule has 1 aliphatic heterocycles. The Bertz CT molecular complexity index is 570. The molecular formula is C19H28N2O2. The van der Waals surface area contributed by atoms with Gasteiger partial charge in [0.2, 0.25) is 5.91 Å². The number of ether oxygens (including phenoxy) is 1. The Kier molecular flexibility index (Phi) is 4.47. The first kappa shape index (κ1) is 16.5. The monoisotopic (exact) mass is 316 g/mol. The van der Waals surface area contributed by atoms with Crippen LogP contribution in [0.15, 0.2) is 24.3 Å². The van der Waals surface area contributed by atoms with Crippen LogP contribution in [0.5, 0.6) is 0 Å². The van der Waals surface area contributed by atoms with Crippen LogP contribution < -0.4 is 5.73 Å². The zero-order chi connectivity index (χ0) is 16.6. The van der Waals surface area contributed by atoms with Crippen LogP contribution in [0.1, 0.15) is 49.0 Å². The number of carbonyl (C=O) groups is 1. The van der Waals surface area contributed by atoms with Gasteiger partial charge in [-0.3, -0.25) is 4.79 Å². The first-order chi connectivity index (χ1) is 11.0. The Morgan fingerprint density at radius 3 is 2.48 bits per heavy atom. The van der Waals surface area contributed by atoms with E-state index < -0.39 is 0 Å². The first-order valence-corrected chi connectivity index (χ1v) is 8.68. The van der Waals surface area contributed by atoms with Crippen molar-refractivity contribution < 1.29 is 9.53 Å². The highest BCUT2D eigenvalue weighted by Gasteiger charge is 2.53. The highest BCUT2D eigenvalue weighted by atomic mass is 16.5. The number of nitrogens with zero attached hydrogens (tertiary/aromatic N) is 1. The van der Waals surface area contributed by atoms with Gasteiger partial charge in [0.1, 0.15) is 5.60 Å². The number of piperidine rings is 1. The second-order valence-corrected chi connectivity index (χ2v) is 7.31. The predicted octanol–water partition coefficient (Wildman–Crippen LogP) is 2.77. The van der Waals surface area contributed by atoms with E-state index in [1.807, 2.05) is 19.2 Å². The van der Waals surface area contributed by atoms with Crippen LogP contribution in [0.4, 0.5) is 0 Å². The largest absolute Gasteiger partial charge is 0.373 e. The Hall–Kier alpha value is -1.39. The lowest BCUT2D eigenvalue weighted by atomic mass is 9.62. The van der Waals surface area contributed by atoms with Crippen LogP contribution in [0.3, 0.4) is 0 Å². The van der Waals surface area contributed by atoms with Crippen molar-refractivity contribution in [1.82, 2.24) is 4.90 Å². The molecule has 1 saturated heterocycles. The summed E-state index contributed by atoms with van der Waals surface area (Å²) >= 11 is 0. The molecule has 2 N–H and O–H groups in total. The van der Waals surface area contributed by atoms with Gasteiger partial charge in [-0.1, -0.05) is 18.6 Å². The van der Waals surface area contributed by atoms with Gasteiger partial charge in [0.25, 0.3) is 0 Å². The molecule has 0 aromatic heterocycles. The van der Waals surface area contributed by atoms with E-state index in [1.165, 1.54) is 19.3 Å². The van der Waals surface area contributed by atoms with Crippen molar-refractivity contribution in [2.75, 3.05) is 20.2 Å². The molecule has 2 atom stereocenters. The summed E-state index contributed by atoms with van der Waals surface area (Å²) in [6.45, 7) is 6.65. The number of fused-ring (bicyclic) bond motifs is 2. The van der Waals surface area contributed by atoms with E-state index in [-0.39, 0.29) is 11.5 Å². The average molecular weight is 316 g/mol. The summed E-state index contributed by atoms with van der Waals surface area (Å²) < 4.78 is 6.22. The van der Waals surface area contributed by atoms with E-state index in [4.69, 9.17) is 10.5 Å². The maximum atomic E-state index is 11.6. The molecule has 1 aromatic rings. The summed E-state index contributed by atoms with van der Waals surface area (Å²) in [4.78, 5) is 14.2. The van der Waals surface area contributed by atoms with Gasteiger partial charge in [0.05, 0.1) is 0 Å². The Morgan fingerprint density at radius 1 is 1.30 bits per heavy atom. The number of hydrogen-bond acceptors (Lipinski definition) is 3. The van der Waals surface area contributed by atoms with E-state index in [0.29, 0.717) is 23.4 Å². The smallest absolute Gasteiger partial charge is 0.248 e. The van der Waals surface area contributed by atoms with Crippen molar-refractivity contribution in [3.8, 4) is 0 Å². The van der Waals surface area contributed by atoms with Gasteiger partial charge < -0.3 is 15.4 Å². The SMILES string of the molecule is COC1(c2cccc(C(N)=O)c2)C2CCCC1CN(C(C)C)C2. The predicted molar refractivity (Wildman–Crippen MR) is 91.2 cm³/mol. The zero-order valence-electron chi connectivity index (χ0n) is 14.4. The zero-order valence-corrected chi connectivity index (χ0v) is 14.4.